The summed E-state index contributed by atoms with van der Waals surface area (Å²) < 4.78 is 0. The topological polar surface area (TPSA) is 49.9 Å². The van der Waals surface area contributed by atoms with Crippen LogP contribution in [-0.4, -0.2) is 5.84 Å². The van der Waals surface area contributed by atoms with Crippen molar-refractivity contribution >= 4 is 5.84 Å². The van der Waals surface area contributed by atoms with Gasteiger partial charge in [0.2, 0.25) is 0 Å². The van der Waals surface area contributed by atoms with Crippen LogP contribution < -0.4 is 5.73 Å². The zero-order valence-electron chi connectivity index (χ0n) is 5.81. The van der Waals surface area contributed by atoms with Crippen LogP contribution in [0.5, 0.6) is 0 Å². The number of amidine groups is 1. The fourth-order valence-corrected chi connectivity index (χ4v) is 0.330. The number of nitrogens with two attached hydrogens (primary N) is 1. The fourth-order valence-electron chi connectivity index (χ4n) is 0.330. The lowest BCUT2D eigenvalue weighted by Crippen LogP contribution is -2.09. The zero-order chi connectivity index (χ0) is 7.28. The molecule has 0 aromatic heterocycles. The fraction of sp³-hybridized carbons (Fsp3) is 0.286. The molecule has 0 saturated carbocycles. The molecule has 0 spiro atoms. The van der Waals surface area contributed by atoms with E-state index in [4.69, 9.17) is 11.1 Å². The van der Waals surface area contributed by atoms with Crippen molar-refractivity contribution in [3.63, 3.8) is 0 Å². The van der Waals surface area contributed by atoms with Gasteiger partial charge in [0.1, 0.15) is 5.84 Å². The first kappa shape index (κ1) is 7.95. The van der Waals surface area contributed by atoms with E-state index in [-0.39, 0.29) is 5.84 Å². The third-order valence-electron chi connectivity index (χ3n) is 0.964. The van der Waals surface area contributed by atoms with E-state index in [2.05, 4.69) is 0 Å². The molecular weight excluding hydrogens is 112 g/mol. The molecule has 0 fully saturated rings. The molecule has 0 aromatic carbocycles. The van der Waals surface area contributed by atoms with E-state index in [1.807, 2.05) is 32.1 Å². The van der Waals surface area contributed by atoms with Crippen LogP contribution in [0.1, 0.15) is 13.8 Å². The minimum Gasteiger partial charge on any atom is -0.384 e. The highest BCUT2D eigenvalue weighted by atomic mass is 14.7. The molecule has 2 nitrogen and oxygen atoms in total. The maximum Gasteiger partial charge on any atom is 0.118 e. The molecule has 9 heavy (non-hydrogen) atoms. The molecule has 0 unspecified atom stereocenters. The molecule has 0 bridgehead atoms. The van der Waals surface area contributed by atoms with Crippen molar-refractivity contribution in [3.8, 4) is 0 Å². The van der Waals surface area contributed by atoms with Crippen LogP contribution in [0.4, 0.5) is 0 Å². The molecule has 2 heteroatoms. The third-order valence-corrected chi connectivity index (χ3v) is 0.964. The van der Waals surface area contributed by atoms with E-state index >= 15 is 0 Å². The van der Waals surface area contributed by atoms with E-state index in [1.54, 1.807) is 0 Å². The molecule has 50 valence electrons. The van der Waals surface area contributed by atoms with Crippen molar-refractivity contribution < 1.29 is 0 Å². The van der Waals surface area contributed by atoms with Gasteiger partial charge >= 0.3 is 0 Å². The van der Waals surface area contributed by atoms with Gasteiger partial charge < -0.3 is 5.73 Å². The Bertz CT molecular complexity index is 154. The summed E-state index contributed by atoms with van der Waals surface area (Å²) in [6, 6.07) is 0. The van der Waals surface area contributed by atoms with Gasteiger partial charge in [0.15, 0.2) is 0 Å². The van der Waals surface area contributed by atoms with Crippen LogP contribution in [0.25, 0.3) is 0 Å². The quantitative estimate of drug-likeness (QED) is 0.326. The first-order valence-electron chi connectivity index (χ1n) is 2.82. The predicted octanol–water partition coefficient (Wildman–Crippen LogP) is 1.44. The summed E-state index contributed by atoms with van der Waals surface area (Å²) in [6.07, 6.45) is 5.56. The Morgan fingerprint density at radius 1 is 1.56 bits per heavy atom. The monoisotopic (exact) mass is 124 g/mol. The second-order valence-electron chi connectivity index (χ2n) is 1.79. The summed E-state index contributed by atoms with van der Waals surface area (Å²) in [4.78, 5) is 0. The molecule has 0 amide bonds. The molecule has 0 atom stereocenters. The van der Waals surface area contributed by atoms with Crippen LogP contribution in [0, 0.1) is 5.41 Å². The van der Waals surface area contributed by atoms with Crippen LogP contribution >= 0.6 is 0 Å². The van der Waals surface area contributed by atoms with Gasteiger partial charge in [-0.1, -0.05) is 18.2 Å². The van der Waals surface area contributed by atoms with Gasteiger partial charge in [-0.15, -0.1) is 0 Å². The lowest BCUT2D eigenvalue weighted by atomic mass is 10.2. The first-order chi connectivity index (χ1) is 4.18. The number of hydrogen-bond donors (Lipinski definition) is 2. The maximum absolute atomic E-state index is 6.95. The van der Waals surface area contributed by atoms with Crippen molar-refractivity contribution in [2.45, 2.75) is 13.8 Å². The van der Waals surface area contributed by atoms with Crippen molar-refractivity contribution in [3.05, 3.63) is 23.8 Å². The normalized spacial score (nSPS) is 12.4. The van der Waals surface area contributed by atoms with Gasteiger partial charge in [0.25, 0.3) is 0 Å². The molecule has 0 aliphatic carbocycles. The highest BCUT2D eigenvalue weighted by Crippen LogP contribution is 1.89. The molecule has 0 rings (SSSR count). The molecule has 0 saturated heterocycles. The SMILES string of the molecule is C/C=C\C=C(/C)C(=N)N. The highest BCUT2D eigenvalue weighted by Gasteiger charge is 1.86. The molecule has 0 aromatic rings. The van der Waals surface area contributed by atoms with E-state index in [0.29, 0.717) is 0 Å². The maximum atomic E-state index is 6.95. The summed E-state index contributed by atoms with van der Waals surface area (Å²) in [5, 5.41) is 6.95. The Morgan fingerprint density at radius 3 is 2.44 bits per heavy atom. The summed E-state index contributed by atoms with van der Waals surface area (Å²) in [6.45, 7) is 3.73. The number of hydrogen-bond acceptors (Lipinski definition) is 1. The van der Waals surface area contributed by atoms with Gasteiger partial charge in [0.05, 0.1) is 0 Å². The molecule has 0 aliphatic heterocycles. The summed E-state index contributed by atoms with van der Waals surface area (Å²) >= 11 is 0. The smallest absolute Gasteiger partial charge is 0.118 e. The van der Waals surface area contributed by atoms with E-state index in [0.717, 1.165) is 5.57 Å². The Morgan fingerprint density at radius 2 is 2.11 bits per heavy atom. The van der Waals surface area contributed by atoms with Gasteiger partial charge in [-0.25, -0.2) is 0 Å². The Labute approximate surface area is 55.6 Å². The molecule has 0 aliphatic rings. The largest absolute Gasteiger partial charge is 0.384 e. The van der Waals surface area contributed by atoms with Gasteiger partial charge in [-0.3, -0.25) is 5.41 Å². The third kappa shape index (κ3) is 3.53. The van der Waals surface area contributed by atoms with Crippen LogP contribution in [-0.2, 0) is 0 Å². The Hall–Kier alpha value is -1.05. The van der Waals surface area contributed by atoms with Gasteiger partial charge in [0, 0.05) is 0 Å². The van der Waals surface area contributed by atoms with Crippen molar-refractivity contribution in [1.82, 2.24) is 0 Å². The summed E-state index contributed by atoms with van der Waals surface area (Å²) in [5.41, 5.74) is 5.96. The van der Waals surface area contributed by atoms with Crippen molar-refractivity contribution in [2.24, 2.45) is 5.73 Å². The Balaban J connectivity index is 4.00. The standard InChI is InChI=1S/C7H12N2/c1-3-4-5-6(2)7(8)9/h3-5H,1-2H3,(H3,8,9)/b4-3-,6-5+. The lowest BCUT2D eigenvalue weighted by Gasteiger charge is -1.91. The highest BCUT2D eigenvalue weighted by molar-refractivity contribution is 5.93. The average Bonchev–Trinajstić information content (AvgIpc) is 1.82. The number of nitrogens with one attached hydrogen (secondary N) is 1. The van der Waals surface area contributed by atoms with Crippen LogP contribution in [0.15, 0.2) is 23.8 Å². The van der Waals surface area contributed by atoms with Crippen LogP contribution in [0.3, 0.4) is 0 Å². The minimum atomic E-state index is 0.133. The molecule has 0 heterocycles. The van der Waals surface area contributed by atoms with E-state index in [9.17, 15) is 0 Å². The zero-order valence-corrected chi connectivity index (χ0v) is 5.81. The average molecular weight is 124 g/mol. The second kappa shape index (κ2) is 3.89. The van der Waals surface area contributed by atoms with Crippen molar-refractivity contribution in [1.29, 1.82) is 5.41 Å². The summed E-state index contributed by atoms with van der Waals surface area (Å²) in [5.74, 6) is 0.133. The molecular formula is C7H12N2. The predicted molar refractivity (Wildman–Crippen MR) is 40.5 cm³/mol. The van der Waals surface area contributed by atoms with Gasteiger partial charge in [-0.2, -0.15) is 0 Å². The molecule has 0 radical (unpaired) electrons. The molecule has 3 N–H and O–H groups in total. The second-order valence-corrected chi connectivity index (χ2v) is 1.79. The summed E-state index contributed by atoms with van der Waals surface area (Å²) in [7, 11) is 0. The van der Waals surface area contributed by atoms with E-state index < -0.39 is 0 Å². The number of allylic oxidation sites excluding steroid dienone is 3. The van der Waals surface area contributed by atoms with Crippen molar-refractivity contribution in [2.75, 3.05) is 0 Å². The Kier molecular flexibility index (Phi) is 3.44. The lowest BCUT2D eigenvalue weighted by molar-refractivity contribution is 1.39. The minimum absolute atomic E-state index is 0.133. The first-order valence-corrected chi connectivity index (χ1v) is 2.82. The van der Waals surface area contributed by atoms with E-state index in [1.165, 1.54) is 0 Å². The van der Waals surface area contributed by atoms with Gasteiger partial charge in [-0.05, 0) is 19.4 Å². The van der Waals surface area contributed by atoms with Crippen LogP contribution in [0.2, 0.25) is 0 Å². The number of rotatable bonds is 2.